The fourth-order valence-electron chi connectivity index (χ4n) is 7.56. The number of esters is 1. The molecule has 1 heterocycles. The van der Waals surface area contributed by atoms with E-state index in [0.717, 1.165) is 29.6 Å². The second-order valence-electron chi connectivity index (χ2n) is 19.0. The lowest BCUT2D eigenvalue weighted by molar-refractivity contribution is -0.144. The number of allylic oxidation sites excluding steroid dienone is 7. The number of cyclic esters (lactones) is 1. The predicted octanol–water partition coefficient (Wildman–Crippen LogP) is 12.5. The standard InChI is InChI=1S/C48H82N2O7Si2/c1-34(2)31-45(51)50-30-29-39(10)32-40(11)44-33-38(9)23-19-17-21-25-42(55-47(49)53)43(57-59(35(3)4,36(5)6)37(7)8)28-27-41(56-58(15,16)48(12,13)14)24-20-18-22-26-46(52)54-44/h17,19,22-23,26-32,35-37,40-44H,18,20-21,24-25,33H2,1-16H3,(H2,49,53)(H,50,51)/b19-17+,26-22+,28-27+,30-29+,38-23+,39-32+/t40-,41-,42-,43-,44-/m1/s1. The van der Waals surface area contributed by atoms with Crippen molar-refractivity contribution in [3.8, 4) is 0 Å². The van der Waals surface area contributed by atoms with E-state index in [0.29, 0.717) is 42.3 Å². The van der Waals surface area contributed by atoms with Crippen LogP contribution in [0.5, 0.6) is 0 Å². The minimum absolute atomic E-state index is 0.00552. The summed E-state index contributed by atoms with van der Waals surface area (Å²) >= 11 is 0. The second-order valence-corrected chi connectivity index (χ2v) is 29.2. The summed E-state index contributed by atoms with van der Waals surface area (Å²) in [7, 11) is -4.63. The summed E-state index contributed by atoms with van der Waals surface area (Å²) < 4.78 is 26.4. The smallest absolute Gasteiger partial charge is 0.404 e. The van der Waals surface area contributed by atoms with Crippen molar-refractivity contribution in [2.24, 2.45) is 11.7 Å². The lowest BCUT2D eigenvalue weighted by Gasteiger charge is -2.45. The van der Waals surface area contributed by atoms with Gasteiger partial charge in [-0.3, -0.25) is 4.79 Å². The highest BCUT2D eigenvalue weighted by Crippen LogP contribution is 2.44. The minimum atomic E-state index is -2.43. The molecule has 1 rings (SSSR count). The lowest BCUT2D eigenvalue weighted by Crippen LogP contribution is -2.52. The van der Waals surface area contributed by atoms with Crippen molar-refractivity contribution in [2.45, 2.75) is 195 Å². The molecule has 0 saturated carbocycles. The first-order valence-corrected chi connectivity index (χ1v) is 26.9. The highest BCUT2D eigenvalue weighted by molar-refractivity contribution is 6.77. The Morgan fingerprint density at radius 2 is 1.56 bits per heavy atom. The van der Waals surface area contributed by atoms with Crippen LogP contribution in [0.2, 0.25) is 34.8 Å². The van der Waals surface area contributed by atoms with Gasteiger partial charge in [-0.05, 0) is 101 Å². The minimum Gasteiger partial charge on any atom is -0.458 e. The van der Waals surface area contributed by atoms with E-state index >= 15 is 0 Å². The van der Waals surface area contributed by atoms with Crippen molar-refractivity contribution in [3.05, 3.63) is 83.7 Å². The van der Waals surface area contributed by atoms with Crippen LogP contribution in [0, 0.1) is 5.92 Å². The maximum absolute atomic E-state index is 13.2. The average Bonchev–Trinajstić information content (AvgIpc) is 3.08. The van der Waals surface area contributed by atoms with Crippen LogP contribution in [0.1, 0.15) is 135 Å². The van der Waals surface area contributed by atoms with Crippen molar-refractivity contribution in [1.29, 1.82) is 0 Å². The van der Waals surface area contributed by atoms with Crippen LogP contribution < -0.4 is 11.1 Å². The third-order valence-electron chi connectivity index (χ3n) is 11.6. The molecule has 0 aliphatic carbocycles. The Hall–Kier alpha value is -3.26. The summed E-state index contributed by atoms with van der Waals surface area (Å²) in [6.07, 6.45) is 22.1. The topological polar surface area (TPSA) is 126 Å². The Labute approximate surface area is 361 Å². The van der Waals surface area contributed by atoms with Gasteiger partial charge in [0.25, 0.3) is 0 Å². The number of amides is 2. The molecule has 2 amide bonds. The Kier molecular flexibility index (Phi) is 23.2. The van der Waals surface area contributed by atoms with E-state index < -0.39 is 41.0 Å². The zero-order valence-corrected chi connectivity index (χ0v) is 41.6. The van der Waals surface area contributed by atoms with Gasteiger partial charge in [-0.15, -0.1) is 0 Å². The van der Waals surface area contributed by atoms with Gasteiger partial charge in [-0.2, -0.15) is 0 Å². The van der Waals surface area contributed by atoms with E-state index in [2.05, 4.69) is 105 Å². The molecule has 0 bridgehead atoms. The molecule has 1 aliphatic heterocycles. The van der Waals surface area contributed by atoms with Crippen LogP contribution in [-0.2, 0) is 27.9 Å². The number of nitrogens with two attached hydrogens (primary N) is 1. The van der Waals surface area contributed by atoms with Crippen molar-refractivity contribution in [3.63, 3.8) is 0 Å². The molecule has 59 heavy (non-hydrogen) atoms. The fourth-order valence-corrected chi connectivity index (χ4v) is 14.4. The predicted molar refractivity (Wildman–Crippen MR) is 251 cm³/mol. The number of primary amides is 1. The van der Waals surface area contributed by atoms with Crippen LogP contribution >= 0.6 is 0 Å². The van der Waals surface area contributed by atoms with Crippen molar-refractivity contribution in [1.82, 2.24) is 5.32 Å². The van der Waals surface area contributed by atoms with E-state index in [1.165, 1.54) is 6.08 Å². The molecule has 0 spiro atoms. The Morgan fingerprint density at radius 3 is 2.12 bits per heavy atom. The summed E-state index contributed by atoms with van der Waals surface area (Å²) in [4.78, 5) is 37.8. The summed E-state index contributed by atoms with van der Waals surface area (Å²) in [6.45, 7) is 34.5. The summed E-state index contributed by atoms with van der Waals surface area (Å²) in [6, 6.07) is 0. The zero-order valence-electron chi connectivity index (χ0n) is 39.6. The monoisotopic (exact) mass is 855 g/mol. The number of hydrogen-bond donors (Lipinski definition) is 2. The van der Waals surface area contributed by atoms with Gasteiger partial charge in [0.1, 0.15) is 18.3 Å². The molecule has 1 aliphatic rings. The molecular formula is C48H82N2O7Si2. The quantitative estimate of drug-likeness (QED) is 0.0621. The van der Waals surface area contributed by atoms with Crippen LogP contribution in [0.25, 0.3) is 0 Å². The molecule has 3 N–H and O–H groups in total. The van der Waals surface area contributed by atoms with E-state index in [9.17, 15) is 14.4 Å². The van der Waals surface area contributed by atoms with Gasteiger partial charge < -0.3 is 29.4 Å². The van der Waals surface area contributed by atoms with E-state index in [-0.39, 0.29) is 28.9 Å². The van der Waals surface area contributed by atoms with Crippen LogP contribution in [-0.4, -0.2) is 59.0 Å². The molecule has 334 valence electrons. The zero-order chi connectivity index (χ0) is 45.1. The molecule has 0 fully saturated rings. The molecule has 11 heteroatoms. The number of nitrogens with one attached hydrogen (secondary N) is 1. The van der Waals surface area contributed by atoms with Crippen LogP contribution in [0.4, 0.5) is 4.79 Å². The number of hydrogen-bond acceptors (Lipinski definition) is 7. The highest BCUT2D eigenvalue weighted by Gasteiger charge is 2.48. The first kappa shape index (κ1) is 53.8. The molecule has 0 unspecified atom stereocenters. The van der Waals surface area contributed by atoms with Crippen molar-refractivity contribution < 1.29 is 32.7 Å². The van der Waals surface area contributed by atoms with Crippen LogP contribution in [0.15, 0.2) is 83.7 Å². The number of rotatable bonds is 13. The molecule has 0 saturated heterocycles. The summed E-state index contributed by atoms with van der Waals surface area (Å²) in [5.41, 5.74) is 9.60. The lowest BCUT2D eigenvalue weighted by atomic mass is 9.95. The first-order chi connectivity index (χ1) is 27.3. The maximum Gasteiger partial charge on any atom is 0.404 e. The highest BCUT2D eigenvalue weighted by atomic mass is 28.4. The third kappa shape index (κ3) is 19.3. The van der Waals surface area contributed by atoms with Gasteiger partial charge in [0.05, 0.1) is 6.10 Å². The summed E-state index contributed by atoms with van der Waals surface area (Å²) in [5, 5.41) is 2.75. The van der Waals surface area contributed by atoms with Gasteiger partial charge >= 0.3 is 12.1 Å². The molecule has 0 radical (unpaired) electrons. The van der Waals surface area contributed by atoms with Gasteiger partial charge in [0.15, 0.2) is 8.32 Å². The Morgan fingerprint density at radius 1 is 0.932 bits per heavy atom. The summed E-state index contributed by atoms with van der Waals surface area (Å²) in [5.74, 6) is -0.673. The molecule has 0 aromatic heterocycles. The van der Waals surface area contributed by atoms with E-state index in [1.54, 1.807) is 12.3 Å². The van der Waals surface area contributed by atoms with Crippen LogP contribution in [0.3, 0.4) is 0 Å². The normalized spacial score (nSPS) is 24.5. The average molecular weight is 855 g/mol. The van der Waals surface area contributed by atoms with E-state index in [1.807, 2.05) is 58.9 Å². The molecule has 9 nitrogen and oxygen atoms in total. The largest absolute Gasteiger partial charge is 0.458 e. The third-order valence-corrected chi connectivity index (χ3v) is 22.2. The van der Waals surface area contributed by atoms with Crippen molar-refractivity contribution in [2.75, 3.05) is 0 Å². The SMILES string of the molecule is CC(C)=CC(=O)N/C=C/C(C)=C/[C@@H](C)[C@H]1C/C(C)=C/C=C/CC[C@@H](OC(N)=O)[C@H](O[Si](C(C)C)(C(C)C)C(C)C)/C=C/[C@H](O[Si](C)(C)C(C)(C)C)CCC/C=C/C(=O)O1. The van der Waals surface area contributed by atoms with Crippen molar-refractivity contribution >= 4 is 34.6 Å². The Bertz CT molecular complexity index is 1540. The number of carbonyl (C=O) groups excluding carboxylic acids is 3. The number of ether oxygens (including phenoxy) is 2. The fraction of sp³-hybridized carbons (Fsp3) is 0.646. The molecular weight excluding hydrogens is 773 g/mol. The van der Waals surface area contributed by atoms with Gasteiger partial charge in [0.2, 0.25) is 14.2 Å². The maximum atomic E-state index is 13.2. The van der Waals surface area contributed by atoms with Gasteiger partial charge in [-0.25, -0.2) is 9.59 Å². The molecule has 0 aromatic carbocycles. The number of carbonyl (C=O) groups is 3. The van der Waals surface area contributed by atoms with Gasteiger partial charge in [-0.1, -0.05) is 128 Å². The van der Waals surface area contributed by atoms with E-state index in [4.69, 9.17) is 24.1 Å². The second kappa shape index (κ2) is 25.5. The molecule has 5 atom stereocenters. The van der Waals surface area contributed by atoms with Gasteiger partial charge in [0, 0.05) is 30.7 Å². The first-order valence-electron chi connectivity index (χ1n) is 21.8. The Balaban J connectivity index is 3.72. The molecule has 0 aromatic rings.